The Morgan fingerprint density at radius 2 is 2.00 bits per heavy atom. The van der Waals surface area contributed by atoms with Crippen LogP contribution in [0.5, 0.6) is 11.5 Å². The zero-order valence-corrected chi connectivity index (χ0v) is 11.5. The molecule has 0 bridgehead atoms. The number of benzene rings is 1. The second-order valence-corrected chi connectivity index (χ2v) is 4.84. The van der Waals surface area contributed by atoms with Gasteiger partial charge in [-0.05, 0) is 19.1 Å². The van der Waals surface area contributed by atoms with E-state index >= 15 is 0 Å². The second-order valence-electron chi connectivity index (χ2n) is 3.78. The number of rotatable bonds is 5. The van der Waals surface area contributed by atoms with Crippen molar-refractivity contribution in [1.29, 1.82) is 0 Å². The monoisotopic (exact) mass is 264 g/mol. The van der Waals surface area contributed by atoms with Crippen LogP contribution < -0.4 is 14.8 Å². The van der Waals surface area contributed by atoms with E-state index in [9.17, 15) is 0 Å². The van der Waals surface area contributed by atoms with Gasteiger partial charge in [0.25, 0.3) is 0 Å². The van der Waals surface area contributed by atoms with Gasteiger partial charge in [-0.25, -0.2) is 4.98 Å². The summed E-state index contributed by atoms with van der Waals surface area (Å²) in [7, 11) is 3.26. The molecular weight excluding hydrogens is 248 g/mol. The minimum absolute atomic E-state index is 0.708. The van der Waals surface area contributed by atoms with Gasteiger partial charge in [-0.3, -0.25) is 0 Å². The van der Waals surface area contributed by atoms with Crippen molar-refractivity contribution in [2.75, 3.05) is 19.5 Å². The van der Waals surface area contributed by atoms with Crippen LogP contribution >= 0.6 is 11.3 Å². The highest BCUT2D eigenvalue weighted by Gasteiger charge is 2.04. The highest BCUT2D eigenvalue weighted by Crippen LogP contribution is 2.29. The topological polar surface area (TPSA) is 43.4 Å². The molecule has 0 aliphatic heterocycles. The number of aryl methyl sites for hydroxylation is 1. The summed E-state index contributed by atoms with van der Waals surface area (Å²) in [4.78, 5) is 4.40. The molecule has 2 rings (SSSR count). The van der Waals surface area contributed by atoms with Crippen molar-refractivity contribution in [1.82, 2.24) is 4.98 Å². The lowest BCUT2D eigenvalue weighted by molar-refractivity contribution is 0.355. The van der Waals surface area contributed by atoms with Crippen LogP contribution in [0.4, 0.5) is 5.69 Å². The van der Waals surface area contributed by atoms with Crippen molar-refractivity contribution in [3.8, 4) is 11.5 Å². The summed E-state index contributed by atoms with van der Waals surface area (Å²) in [5.74, 6) is 1.45. The molecule has 0 unspecified atom stereocenters. The number of ether oxygens (including phenoxy) is 2. The Morgan fingerprint density at radius 1 is 1.22 bits per heavy atom. The van der Waals surface area contributed by atoms with Gasteiger partial charge in [-0.15, -0.1) is 11.3 Å². The van der Waals surface area contributed by atoms with Gasteiger partial charge < -0.3 is 14.8 Å². The Bertz CT molecular complexity index is 525. The van der Waals surface area contributed by atoms with Crippen molar-refractivity contribution < 1.29 is 9.47 Å². The fourth-order valence-corrected chi connectivity index (χ4v) is 2.24. The standard InChI is InChI=1S/C13H16N2O2S/c1-9-15-11(8-18-9)7-14-10-4-5-12(16-2)13(6-10)17-3/h4-6,8,14H,7H2,1-3H3. The highest BCUT2D eigenvalue weighted by atomic mass is 32.1. The molecule has 0 amide bonds. The third-order valence-corrected chi connectivity index (χ3v) is 3.35. The largest absolute Gasteiger partial charge is 0.493 e. The van der Waals surface area contributed by atoms with Gasteiger partial charge in [0.2, 0.25) is 0 Å². The summed E-state index contributed by atoms with van der Waals surface area (Å²) in [5.41, 5.74) is 2.03. The lowest BCUT2D eigenvalue weighted by atomic mass is 10.2. The number of thiazole rings is 1. The molecular formula is C13H16N2O2S. The number of hydrogen-bond acceptors (Lipinski definition) is 5. The first-order valence-electron chi connectivity index (χ1n) is 5.60. The van der Waals surface area contributed by atoms with Gasteiger partial charge in [-0.2, -0.15) is 0 Å². The van der Waals surface area contributed by atoms with Gasteiger partial charge in [0.1, 0.15) is 0 Å². The van der Waals surface area contributed by atoms with Crippen molar-refractivity contribution in [2.24, 2.45) is 0 Å². The van der Waals surface area contributed by atoms with E-state index in [-0.39, 0.29) is 0 Å². The molecule has 1 aromatic heterocycles. The first-order chi connectivity index (χ1) is 8.72. The highest BCUT2D eigenvalue weighted by molar-refractivity contribution is 7.09. The van der Waals surface area contributed by atoms with E-state index in [2.05, 4.69) is 15.7 Å². The Kier molecular flexibility index (Phi) is 4.04. The van der Waals surface area contributed by atoms with Crippen LogP contribution in [0.25, 0.3) is 0 Å². The van der Waals surface area contributed by atoms with Crippen molar-refractivity contribution in [3.63, 3.8) is 0 Å². The molecule has 2 aromatic rings. The Hall–Kier alpha value is -1.75. The summed E-state index contributed by atoms with van der Waals surface area (Å²) < 4.78 is 10.4. The van der Waals surface area contributed by atoms with E-state index in [1.807, 2.05) is 25.1 Å². The molecule has 0 saturated heterocycles. The average molecular weight is 264 g/mol. The number of anilines is 1. The van der Waals surface area contributed by atoms with E-state index in [0.29, 0.717) is 6.54 Å². The maximum absolute atomic E-state index is 5.25. The van der Waals surface area contributed by atoms with Crippen LogP contribution in [-0.4, -0.2) is 19.2 Å². The molecule has 5 heteroatoms. The molecule has 0 saturated carbocycles. The van der Waals surface area contributed by atoms with Gasteiger partial charge in [-0.1, -0.05) is 0 Å². The third kappa shape index (κ3) is 2.92. The van der Waals surface area contributed by atoms with Gasteiger partial charge in [0.15, 0.2) is 11.5 Å². The molecule has 1 heterocycles. The zero-order chi connectivity index (χ0) is 13.0. The number of hydrogen-bond donors (Lipinski definition) is 1. The number of aromatic nitrogens is 1. The maximum atomic E-state index is 5.25. The molecule has 0 aliphatic carbocycles. The lowest BCUT2D eigenvalue weighted by Crippen LogP contribution is -2.00. The van der Waals surface area contributed by atoms with Crippen LogP contribution in [0.1, 0.15) is 10.7 Å². The summed E-state index contributed by atoms with van der Waals surface area (Å²) in [6.45, 7) is 2.71. The predicted octanol–water partition coefficient (Wildman–Crippen LogP) is 3.08. The summed E-state index contributed by atoms with van der Waals surface area (Å²) in [5, 5.41) is 6.45. The number of methoxy groups -OCH3 is 2. The number of nitrogens with one attached hydrogen (secondary N) is 1. The fraction of sp³-hybridized carbons (Fsp3) is 0.308. The van der Waals surface area contributed by atoms with E-state index in [4.69, 9.17) is 9.47 Å². The molecule has 18 heavy (non-hydrogen) atoms. The van der Waals surface area contributed by atoms with E-state index < -0.39 is 0 Å². The minimum Gasteiger partial charge on any atom is -0.493 e. The van der Waals surface area contributed by atoms with Crippen LogP contribution in [-0.2, 0) is 6.54 Å². The molecule has 0 atom stereocenters. The van der Waals surface area contributed by atoms with E-state index in [0.717, 1.165) is 27.9 Å². The summed E-state index contributed by atoms with van der Waals surface area (Å²) in [6.07, 6.45) is 0. The molecule has 0 fully saturated rings. The number of nitrogens with zero attached hydrogens (tertiary/aromatic N) is 1. The molecule has 1 N–H and O–H groups in total. The average Bonchev–Trinajstić information content (AvgIpc) is 2.81. The van der Waals surface area contributed by atoms with E-state index in [1.165, 1.54) is 0 Å². The first kappa shape index (κ1) is 12.7. The molecule has 0 aliphatic rings. The maximum Gasteiger partial charge on any atom is 0.162 e. The quantitative estimate of drug-likeness (QED) is 0.901. The molecule has 0 spiro atoms. The third-order valence-electron chi connectivity index (χ3n) is 2.52. The normalized spacial score (nSPS) is 10.2. The second kappa shape index (κ2) is 5.73. The lowest BCUT2D eigenvalue weighted by Gasteiger charge is -2.10. The van der Waals surface area contributed by atoms with Crippen molar-refractivity contribution in [2.45, 2.75) is 13.5 Å². The summed E-state index contributed by atoms with van der Waals surface area (Å²) in [6, 6.07) is 5.76. The SMILES string of the molecule is COc1ccc(NCc2csc(C)n2)cc1OC. The minimum atomic E-state index is 0.708. The van der Waals surface area contributed by atoms with Crippen molar-refractivity contribution in [3.05, 3.63) is 34.3 Å². The Balaban J connectivity index is 2.05. The molecule has 4 nitrogen and oxygen atoms in total. The van der Waals surface area contributed by atoms with Gasteiger partial charge >= 0.3 is 0 Å². The van der Waals surface area contributed by atoms with Gasteiger partial charge in [0, 0.05) is 17.1 Å². The Morgan fingerprint density at radius 3 is 2.61 bits per heavy atom. The van der Waals surface area contributed by atoms with E-state index in [1.54, 1.807) is 25.6 Å². The predicted molar refractivity (Wildman–Crippen MR) is 73.7 cm³/mol. The molecule has 0 radical (unpaired) electrons. The molecule has 1 aromatic carbocycles. The zero-order valence-electron chi connectivity index (χ0n) is 10.7. The van der Waals surface area contributed by atoms with Crippen LogP contribution in [0.15, 0.2) is 23.6 Å². The van der Waals surface area contributed by atoms with Gasteiger partial charge in [0.05, 0.1) is 31.5 Å². The Labute approximate surface area is 111 Å². The molecule has 96 valence electrons. The van der Waals surface area contributed by atoms with Crippen LogP contribution in [0.2, 0.25) is 0 Å². The summed E-state index contributed by atoms with van der Waals surface area (Å²) >= 11 is 1.66. The smallest absolute Gasteiger partial charge is 0.162 e. The first-order valence-corrected chi connectivity index (χ1v) is 6.48. The van der Waals surface area contributed by atoms with Crippen LogP contribution in [0.3, 0.4) is 0 Å². The van der Waals surface area contributed by atoms with Crippen molar-refractivity contribution >= 4 is 17.0 Å². The fourth-order valence-electron chi connectivity index (χ4n) is 1.63. The van der Waals surface area contributed by atoms with Crippen LogP contribution in [0, 0.1) is 6.92 Å².